The summed E-state index contributed by atoms with van der Waals surface area (Å²) in [5.41, 5.74) is 1.05. The molecule has 4 aliphatic carbocycles. The van der Waals surface area contributed by atoms with E-state index < -0.39 is 0 Å². The molecule has 0 aromatic carbocycles. The normalized spacial score (nSPS) is 57.8. The van der Waals surface area contributed by atoms with Gasteiger partial charge in [0.2, 0.25) is 0 Å². The lowest BCUT2D eigenvalue weighted by Crippen LogP contribution is -2.54. The van der Waals surface area contributed by atoms with E-state index in [9.17, 15) is 0 Å². The predicted molar refractivity (Wildman–Crippen MR) is 92.2 cm³/mol. The predicted octanol–water partition coefficient (Wildman–Crippen LogP) is 5.65. The molecule has 1 nitrogen and oxygen atoms in total. The molecule has 0 saturated heterocycles. The Morgan fingerprint density at radius 1 is 0.864 bits per heavy atom. The van der Waals surface area contributed by atoms with E-state index in [1.54, 1.807) is 0 Å². The molecule has 4 rings (SSSR count). The largest absolute Gasteiger partial charge is 0.381 e. The molecule has 0 aromatic heterocycles. The van der Waals surface area contributed by atoms with Crippen LogP contribution in [0.3, 0.4) is 0 Å². The third-order valence-corrected chi connectivity index (χ3v) is 9.20. The molecule has 0 bridgehead atoms. The molecular formula is C20H33ClO. The molecule has 0 radical (unpaired) electrons. The summed E-state index contributed by atoms with van der Waals surface area (Å²) in [4.78, 5) is 0. The molecule has 3 unspecified atom stereocenters. The van der Waals surface area contributed by atoms with Crippen molar-refractivity contribution in [3.63, 3.8) is 0 Å². The van der Waals surface area contributed by atoms with E-state index in [4.69, 9.17) is 16.3 Å². The molecule has 4 saturated carbocycles. The first kappa shape index (κ1) is 15.8. The van der Waals surface area contributed by atoms with Gasteiger partial charge in [-0.15, -0.1) is 11.6 Å². The summed E-state index contributed by atoms with van der Waals surface area (Å²) in [6.07, 6.45) is 12.9. The second kappa shape index (κ2) is 5.38. The van der Waals surface area contributed by atoms with Crippen LogP contribution in [0.2, 0.25) is 0 Å². The summed E-state index contributed by atoms with van der Waals surface area (Å²) in [6, 6.07) is 0. The van der Waals surface area contributed by atoms with Crippen LogP contribution in [-0.2, 0) is 4.74 Å². The van der Waals surface area contributed by atoms with Crippen LogP contribution in [0, 0.1) is 34.5 Å². The summed E-state index contributed by atoms with van der Waals surface area (Å²) in [7, 11) is 1.93. The minimum Gasteiger partial charge on any atom is -0.381 e. The van der Waals surface area contributed by atoms with Crippen LogP contribution in [-0.4, -0.2) is 18.6 Å². The number of methoxy groups -OCH3 is 1. The highest BCUT2D eigenvalue weighted by Gasteiger charge is 2.60. The van der Waals surface area contributed by atoms with Crippen LogP contribution in [0.1, 0.15) is 71.6 Å². The van der Waals surface area contributed by atoms with Gasteiger partial charge in [0.15, 0.2) is 0 Å². The van der Waals surface area contributed by atoms with Crippen LogP contribution in [0.25, 0.3) is 0 Å². The first-order chi connectivity index (χ1) is 10.5. The molecule has 0 N–H and O–H groups in total. The molecular weight excluding hydrogens is 292 g/mol. The molecule has 0 aliphatic heterocycles. The summed E-state index contributed by atoms with van der Waals surface area (Å²) in [6.45, 7) is 5.17. The van der Waals surface area contributed by atoms with Crippen LogP contribution >= 0.6 is 11.6 Å². The number of alkyl halides is 1. The fourth-order valence-corrected chi connectivity index (χ4v) is 7.87. The molecule has 0 heterocycles. The monoisotopic (exact) mass is 324 g/mol. The van der Waals surface area contributed by atoms with Crippen molar-refractivity contribution >= 4 is 11.6 Å². The number of hydrogen-bond acceptors (Lipinski definition) is 1. The zero-order valence-corrected chi connectivity index (χ0v) is 15.4. The number of rotatable bonds is 1. The summed E-state index contributed by atoms with van der Waals surface area (Å²) >= 11 is 6.51. The van der Waals surface area contributed by atoms with E-state index in [2.05, 4.69) is 13.8 Å². The summed E-state index contributed by atoms with van der Waals surface area (Å²) < 4.78 is 5.89. The smallest absolute Gasteiger partial charge is 0.0627 e. The first-order valence-corrected chi connectivity index (χ1v) is 10.1. The lowest BCUT2D eigenvalue weighted by molar-refractivity contribution is -0.125. The van der Waals surface area contributed by atoms with Crippen molar-refractivity contribution in [2.24, 2.45) is 34.5 Å². The van der Waals surface area contributed by atoms with E-state index in [1.807, 2.05) is 7.11 Å². The minimum absolute atomic E-state index is 0.452. The summed E-state index contributed by atoms with van der Waals surface area (Å²) in [5, 5.41) is 0.452. The van der Waals surface area contributed by atoms with Crippen LogP contribution in [0.5, 0.6) is 0 Å². The topological polar surface area (TPSA) is 9.23 Å². The number of hydrogen-bond donors (Lipinski definition) is 0. The van der Waals surface area contributed by atoms with Crippen LogP contribution < -0.4 is 0 Å². The molecule has 0 aromatic rings. The van der Waals surface area contributed by atoms with Gasteiger partial charge in [-0.3, -0.25) is 0 Å². The standard InChI is InChI=1S/C20H33ClO/c1-19-10-8-14(21)12-13(19)4-5-15-16-6-7-18(22-3)20(16,2)11-9-17(15)19/h13-18H,4-12H2,1-3H3/t13?,14?,15-,16-,17+,18?,19-,20-/m0/s1. The molecule has 8 atom stereocenters. The molecule has 22 heavy (non-hydrogen) atoms. The van der Waals surface area contributed by atoms with Crippen LogP contribution in [0.15, 0.2) is 0 Å². The van der Waals surface area contributed by atoms with Gasteiger partial charge in [0, 0.05) is 12.5 Å². The van der Waals surface area contributed by atoms with Gasteiger partial charge in [0.1, 0.15) is 0 Å². The first-order valence-electron chi connectivity index (χ1n) is 9.66. The number of halogens is 1. The lowest BCUT2D eigenvalue weighted by atomic mass is 9.45. The zero-order chi connectivity index (χ0) is 15.5. The quantitative estimate of drug-likeness (QED) is 0.566. The highest BCUT2D eigenvalue weighted by Crippen LogP contribution is 2.66. The van der Waals surface area contributed by atoms with Crippen molar-refractivity contribution < 1.29 is 4.74 Å². The Labute approximate surface area is 141 Å². The van der Waals surface area contributed by atoms with E-state index in [0.717, 1.165) is 23.7 Å². The van der Waals surface area contributed by atoms with Crippen molar-refractivity contribution in [1.82, 2.24) is 0 Å². The Balaban J connectivity index is 1.61. The maximum atomic E-state index is 6.51. The second-order valence-electron chi connectivity index (χ2n) is 9.37. The van der Waals surface area contributed by atoms with Crippen molar-refractivity contribution in [1.29, 1.82) is 0 Å². The fourth-order valence-electron chi connectivity index (χ4n) is 7.54. The Morgan fingerprint density at radius 3 is 2.36 bits per heavy atom. The van der Waals surface area contributed by atoms with E-state index in [-0.39, 0.29) is 0 Å². The van der Waals surface area contributed by atoms with Crippen molar-refractivity contribution in [2.75, 3.05) is 7.11 Å². The maximum Gasteiger partial charge on any atom is 0.0627 e. The molecule has 2 heteroatoms. The SMILES string of the molecule is COC1CC[C@H]2[C@@H]3CCC4CC(Cl)CC[C@]4(C)[C@@H]3CC[C@]12C. The average molecular weight is 325 g/mol. The highest BCUT2D eigenvalue weighted by atomic mass is 35.5. The fraction of sp³-hybridized carbons (Fsp3) is 1.00. The van der Waals surface area contributed by atoms with Gasteiger partial charge in [-0.2, -0.15) is 0 Å². The molecule has 0 amide bonds. The summed E-state index contributed by atoms with van der Waals surface area (Å²) in [5.74, 6) is 3.74. The van der Waals surface area contributed by atoms with Gasteiger partial charge >= 0.3 is 0 Å². The third-order valence-electron chi connectivity index (χ3n) is 8.80. The molecule has 126 valence electrons. The lowest BCUT2D eigenvalue weighted by Gasteiger charge is -2.60. The zero-order valence-electron chi connectivity index (χ0n) is 14.6. The van der Waals surface area contributed by atoms with Gasteiger partial charge in [0.25, 0.3) is 0 Å². The Kier molecular flexibility index (Phi) is 3.85. The second-order valence-corrected chi connectivity index (χ2v) is 9.99. The Bertz CT molecular complexity index is 437. The third kappa shape index (κ3) is 2.07. The Morgan fingerprint density at radius 2 is 1.59 bits per heavy atom. The number of ether oxygens (including phenoxy) is 1. The van der Waals surface area contributed by atoms with Crippen molar-refractivity contribution in [2.45, 2.75) is 83.1 Å². The van der Waals surface area contributed by atoms with Crippen molar-refractivity contribution in [3.8, 4) is 0 Å². The molecule has 4 fully saturated rings. The molecule has 0 spiro atoms. The van der Waals surface area contributed by atoms with E-state index in [1.165, 1.54) is 57.8 Å². The van der Waals surface area contributed by atoms with E-state index in [0.29, 0.717) is 22.3 Å². The average Bonchev–Trinajstić information content (AvgIpc) is 2.84. The van der Waals surface area contributed by atoms with Gasteiger partial charge in [-0.05, 0) is 92.3 Å². The van der Waals surface area contributed by atoms with Crippen molar-refractivity contribution in [3.05, 3.63) is 0 Å². The van der Waals surface area contributed by atoms with Crippen LogP contribution in [0.4, 0.5) is 0 Å². The minimum atomic E-state index is 0.452. The number of fused-ring (bicyclic) bond motifs is 5. The van der Waals surface area contributed by atoms with Gasteiger partial charge in [-0.25, -0.2) is 0 Å². The Hall–Kier alpha value is 0.250. The maximum absolute atomic E-state index is 6.51. The van der Waals surface area contributed by atoms with E-state index >= 15 is 0 Å². The van der Waals surface area contributed by atoms with Gasteiger partial charge in [-0.1, -0.05) is 13.8 Å². The van der Waals surface area contributed by atoms with Gasteiger partial charge < -0.3 is 4.74 Å². The highest BCUT2D eigenvalue weighted by molar-refractivity contribution is 6.20. The molecule has 4 aliphatic rings. The van der Waals surface area contributed by atoms with Gasteiger partial charge in [0.05, 0.1) is 6.10 Å².